The van der Waals surface area contributed by atoms with Gasteiger partial charge in [-0.25, -0.2) is 9.78 Å². The van der Waals surface area contributed by atoms with E-state index in [0.29, 0.717) is 56.5 Å². The summed E-state index contributed by atoms with van der Waals surface area (Å²) in [5, 5.41) is 0. The van der Waals surface area contributed by atoms with Gasteiger partial charge in [0.05, 0.1) is 18.9 Å². The molecule has 1 heterocycles. The Kier molecular flexibility index (Phi) is 9.40. The summed E-state index contributed by atoms with van der Waals surface area (Å²) in [6.07, 6.45) is 0.317. The van der Waals surface area contributed by atoms with E-state index in [1.807, 2.05) is 68.4 Å². The van der Waals surface area contributed by atoms with Crippen molar-refractivity contribution in [3.8, 4) is 17.0 Å². The van der Waals surface area contributed by atoms with Gasteiger partial charge in [-0.15, -0.1) is 0 Å². The van der Waals surface area contributed by atoms with Gasteiger partial charge in [0.1, 0.15) is 11.6 Å². The molecule has 0 amide bonds. The number of hydrogen-bond donors (Lipinski definition) is 0. The highest BCUT2D eigenvalue weighted by molar-refractivity contribution is 5.75. The first kappa shape index (κ1) is 25.2. The van der Waals surface area contributed by atoms with Gasteiger partial charge in [0.15, 0.2) is 6.10 Å². The number of carbonyl (C=O) groups excluding carboxylic acids is 1. The molecule has 0 saturated heterocycles. The molecule has 0 saturated carbocycles. The number of ether oxygens (including phenoxy) is 3. The molecule has 0 N–H and O–H groups in total. The van der Waals surface area contributed by atoms with E-state index < -0.39 is 6.10 Å². The first-order chi connectivity index (χ1) is 16.5. The molecule has 0 radical (unpaired) electrons. The molecule has 0 aliphatic heterocycles. The van der Waals surface area contributed by atoms with Crippen LogP contribution in [0.15, 0.2) is 65.5 Å². The number of benzene rings is 2. The molecule has 0 bridgehead atoms. The lowest BCUT2D eigenvalue weighted by Gasteiger charge is -2.16. The lowest BCUT2D eigenvalue weighted by Crippen LogP contribution is -2.28. The van der Waals surface area contributed by atoms with Crippen LogP contribution in [0.4, 0.5) is 0 Å². The zero-order valence-corrected chi connectivity index (χ0v) is 20.0. The molecule has 0 spiro atoms. The van der Waals surface area contributed by atoms with Crippen molar-refractivity contribution in [2.24, 2.45) is 0 Å². The van der Waals surface area contributed by atoms with E-state index >= 15 is 0 Å². The third kappa shape index (κ3) is 6.78. The highest BCUT2D eigenvalue weighted by Crippen LogP contribution is 2.17. The molecular formula is C27H32N2O5. The molecule has 3 rings (SSSR count). The number of carbonyl (C=O) groups is 1. The predicted molar refractivity (Wildman–Crippen MR) is 131 cm³/mol. The molecule has 2 aromatic carbocycles. The van der Waals surface area contributed by atoms with Gasteiger partial charge in [0.25, 0.3) is 5.56 Å². The number of esters is 1. The molecular weight excluding hydrogens is 432 g/mol. The summed E-state index contributed by atoms with van der Waals surface area (Å²) < 4.78 is 18.2. The van der Waals surface area contributed by atoms with Crippen molar-refractivity contribution in [2.75, 3.05) is 19.8 Å². The van der Waals surface area contributed by atoms with Crippen LogP contribution in [0.5, 0.6) is 5.75 Å². The Morgan fingerprint density at radius 2 is 1.74 bits per heavy atom. The maximum atomic E-state index is 12.6. The lowest BCUT2D eigenvalue weighted by molar-refractivity contribution is -0.156. The van der Waals surface area contributed by atoms with Gasteiger partial charge in [-0.2, -0.15) is 0 Å². The minimum Gasteiger partial charge on any atom is -0.493 e. The molecule has 0 fully saturated rings. The van der Waals surface area contributed by atoms with Gasteiger partial charge in [0.2, 0.25) is 0 Å². The van der Waals surface area contributed by atoms with Crippen LogP contribution in [-0.4, -0.2) is 41.4 Å². The molecule has 0 aliphatic rings. The Hall–Kier alpha value is -3.45. The number of hydrogen-bond acceptors (Lipinski definition) is 6. The van der Waals surface area contributed by atoms with Gasteiger partial charge < -0.3 is 14.2 Å². The fraction of sp³-hybridized carbons (Fsp3) is 0.370. The topological polar surface area (TPSA) is 79.7 Å². The summed E-state index contributed by atoms with van der Waals surface area (Å²) in [6.45, 7) is 7.25. The Bertz CT molecular complexity index is 1110. The van der Waals surface area contributed by atoms with Gasteiger partial charge in [-0.1, -0.05) is 42.5 Å². The van der Waals surface area contributed by atoms with Crippen LogP contribution < -0.4 is 10.3 Å². The largest absolute Gasteiger partial charge is 0.493 e. The summed E-state index contributed by atoms with van der Waals surface area (Å²) in [5.74, 6) is 1.05. The van der Waals surface area contributed by atoms with Crippen LogP contribution >= 0.6 is 0 Å². The highest BCUT2D eigenvalue weighted by Gasteiger charge is 2.20. The summed E-state index contributed by atoms with van der Waals surface area (Å²) >= 11 is 0. The van der Waals surface area contributed by atoms with Crippen molar-refractivity contribution in [1.82, 2.24) is 9.55 Å². The third-order valence-corrected chi connectivity index (χ3v) is 5.33. The normalized spacial score (nSPS) is 11.7. The molecule has 180 valence electrons. The minimum atomic E-state index is -0.620. The van der Waals surface area contributed by atoms with Crippen molar-refractivity contribution in [2.45, 2.75) is 46.3 Å². The Morgan fingerprint density at radius 3 is 2.38 bits per heavy atom. The number of rotatable bonds is 12. The maximum absolute atomic E-state index is 12.6. The smallest absolute Gasteiger partial charge is 0.335 e. The first-order valence-corrected chi connectivity index (χ1v) is 11.7. The van der Waals surface area contributed by atoms with Crippen molar-refractivity contribution in [3.05, 3.63) is 82.4 Å². The van der Waals surface area contributed by atoms with Crippen LogP contribution in [0.1, 0.15) is 32.2 Å². The summed E-state index contributed by atoms with van der Waals surface area (Å²) in [5.41, 5.74) is 2.46. The van der Waals surface area contributed by atoms with Crippen LogP contribution in [0, 0.1) is 0 Å². The second kappa shape index (κ2) is 12.7. The first-order valence-electron chi connectivity index (χ1n) is 11.7. The van der Waals surface area contributed by atoms with Crippen molar-refractivity contribution < 1.29 is 19.0 Å². The van der Waals surface area contributed by atoms with E-state index in [0.717, 1.165) is 11.1 Å². The van der Waals surface area contributed by atoms with E-state index in [2.05, 4.69) is 0 Å². The SMILES string of the molecule is CCOC(=O)C(Cc1ccc(OCCc2nc(-c3ccccc3)cc(=O)n2CC)cc1)OCC. The molecule has 7 heteroatoms. The highest BCUT2D eigenvalue weighted by atomic mass is 16.6. The number of aromatic nitrogens is 2. The van der Waals surface area contributed by atoms with E-state index in [1.54, 1.807) is 17.6 Å². The summed E-state index contributed by atoms with van der Waals surface area (Å²) in [6, 6.07) is 18.8. The van der Waals surface area contributed by atoms with Crippen LogP contribution in [-0.2, 0) is 33.7 Å². The maximum Gasteiger partial charge on any atom is 0.335 e. The van der Waals surface area contributed by atoms with Crippen LogP contribution in [0.3, 0.4) is 0 Å². The van der Waals surface area contributed by atoms with E-state index in [4.69, 9.17) is 19.2 Å². The van der Waals surface area contributed by atoms with Crippen molar-refractivity contribution >= 4 is 5.97 Å². The molecule has 1 aromatic heterocycles. The van der Waals surface area contributed by atoms with Crippen molar-refractivity contribution in [3.63, 3.8) is 0 Å². The second-order valence-electron chi connectivity index (χ2n) is 7.65. The van der Waals surface area contributed by atoms with Crippen LogP contribution in [0.25, 0.3) is 11.3 Å². The van der Waals surface area contributed by atoms with Gasteiger partial charge in [-0.3, -0.25) is 9.36 Å². The van der Waals surface area contributed by atoms with E-state index in [1.165, 1.54) is 0 Å². The Labute approximate surface area is 200 Å². The Balaban J connectivity index is 1.63. The van der Waals surface area contributed by atoms with Crippen molar-refractivity contribution in [1.29, 1.82) is 0 Å². The third-order valence-electron chi connectivity index (χ3n) is 5.33. The summed E-state index contributed by atoms with van der Waals surface area (Å²) in [4.78, 5) is 29.4. The molecule has 0 aliphatic carbocycles. The fourth-order valence-corrected chi connectivity index (χ4v) is 3.68. The monoisotopic (exact) mass is 464 g/mol. The molecule has 7 nitrogen and oxygen atoms in total. The molecule has 1 atom stereocenters. The van der Waals surface area contributed by atoms with E-state index in [-0.39, 0.29) is 11.5 Å². The number of nitrogens with zero attached hydrogens (tertiary/aromatic N) is 2. The quantitative estimate of drug-likeness (QED) is 0.376. The predicted octanol–water partition coefficient (Wildman–Crippen LogP) is 4.06. The molecule has 34 heavy (non-hydrogen) atoms. The average molecular weight is 465 g/mol. The van der Waals surface area contributed by atoms with Gasteiger partial charge in [-0.05, 0) is 38.5 Å². The van der Waals surface area contributed by atoms with Gasteiger partial charge in [0, 0.05) is 37.6 Å². The zero-order chi connectivity index (χ0) is 24.3. The Morgan fingerprint density at radius 1 is 1.00 bits per heavy atom. The average Bonchev–Trinajstić information content (AvgIpc) is 2.85. The lowest BCUT2D eigenvalue weighted by atomic mass is 10.1. The van der Waals surface area contributed by atoms with E-state index in [9.17, 15) is 9.59 Å². The minimum absolute atomic E-state index is 0.0684. The second-order valence-corrected chi connectivity index (χ2v) is 7.65. The van der Waals surface area contributed by atoms with Gasteiger partial charge >= 0.3 is 5.97 Å². The summed E-state index contributed by atoms with van der Waals surface area (Å²) in [7, 11) is 0. The molecule has 3 aromatic rings. The molecule has 1 unspecified atom stereocenters. The zero-order valence-electron chi connectivity index (χ0n) is 20.0. The fourth-order valence-electron chi connectivity index (χ4n) is 3.68. The van der Waals surface area contributed by atoms with Crippen LogP contribution in [0.2, 0.25) is 0 Å². The standard InChI is InChI=1S/C27H32N2O5/c1-4-29-25(28-23(19-26(29)30)21-10-8-7-9-11-21)16-17-34-22-14-12-20(13-15-22)18-24(32-5-2)27(31)33-6-3/h7-15,19,24H,4-6,16-18H2,1-3H3.